The first-order valence-electron chi connectivity index (χ1n) is 10.4. The van der Waals surface area contributed by atoms with E-state index in [1.54, 1.807) is 12.1 Å². The molecule has 3 N–H and O–H groups in total. The number of hydrogen-bond donors (Lipinski definition) is 3. The zero-order chi connectivity index (χ0) is 22.0. The van der Waals surface area contributed by atoms with Crippen LogP contribution in [0, 0.1) is 12.7 Å². The van der Waals surface area contributed by atoms with Crippen molar-refractivity contribution in [1.82, 2.24) is 15.6 Å². The largest absolute Gasteiger partial charge is 0.391 e. The topological polar surface area (TPSA) is 74.2 Å². The number of hydrogen-bond acceptors (Lipinski definition) is 5. The normalized spacial score (nSPS) is 19.7. The van der Waals surface area contributed by atoms with Gasteiger partial charge in [0.25, 0.3) is 0 Å². The summed E-state index contributed by atoms with van der Waals surface area (Å²) >= 11 is 7.22. The summed E-state index contributed by atoms with van der Waals surface area (Å²) in [5.41, 5.74) is 3.02. The lowest BCUT2D eigenvalue weighted by atomic mass is 9.97. The minimum Gasteiger partial charge on any atom is -0.391 e. The Bertz CT molecular complexity index is 1040. The van der Waals surface area contributed by atoms with Crippen LogP contribution < -0.4 is 10.6 Å². The number of nitrogens with one attached hydrogen (secondary N) is 2. The summed E-state index contributed by atoms with van der Waals surface area (Å²) in [6.45, 7) is 2.73. The Balaban J connectivity index is 1.49. The lowest BCUT2D eigenvalue weighted by Crippen LogP contribution is -2.46. The fourth-order valence-electron chi connectivity index (χ4n) is 4.04. The Morgan fingerprint density at radius 3 is 2.94 bits per heavy atom. The molecule has 0 spiro atoms. The predicted molar refractivity (Wildman–Crippen MR) is 121 cm³/mol. The van der Waals surface area contributed by atoms with E-state index in [0.717, 1.165) is 52.5 Å². The summed E-state index contributed by atoms with van der Waals surface area (Å²) in [6.07, 6.45) is 7.22. The van der Waals surface area contributed by atoms with Crippen LogP contribution in [0.25, 0.3) is 5.57 Å². The maximum Gasteiger partial charge on any atom is 0.248 e. The number of amides is 1. The highest BCUT2D eigenvalue weighted by Crippen LogP contribution is 2.32. The number of rotatable bonds is 6. The van der Waals surface area contributed by atoms with Crippen LogP contribution in [0.15, 0.2) is 35.9 Å². The van der Waals surface area contributed by atoms with Crippen LogP contribution in [0.1, 0.15) is 52.9 Å². The molecule has 1 aromatic carbocycles. The van der Waals surface area contributed by atoms with Gasteiger partial charge in [0.05, 0.1) is 28.2 Å². The fraction of sp³-hybridized carbons (Fsp3) is 0.391. The fourth-order valence-corrected chi connectivity index (χ4v) is 5.20. The van der Waals surface area contributed by atoms with Crippen molar-refractivity contribution in [2.45, 2.75) is 51.3 Å². The number of benzene rings is 1. The van der Waals surface area contributed by atoms with E-state index in [2.05, 4.69) is 15.6 Å². The Kier molecular flexibility index (Phi) is 6.86. The van der Waals surface area contributed by atoms with E-state index in [4.69, 9.17) is 11.6 Å². The second-order valence-electron chi connectivity index (χ2n) is 7.92. The van der Waals surface area contributed by atoms with Crippen molar-refractivity contribution in [3.05, 3.63) is 67.9 Å². The van der Waals surface area contributed by atoms with Crippen LogP contribution in [0.2, 0.25) is 5.02 Å². The van der Waals surface area contributed by atoms with Gasteiger partial charge in [-0.05, 0) is 49.6 Å². The molecule has 4 rings (SSSR count). The standard InChI is InChI=1S/C23H25ClFN3O2S/c1-13-20(12-29)31-23(27-13)21(19-4-2-3-9-26-19)28-22(30)16-6-5-14(10-16)15-7-8-17(24)18(25)11-15/h5-8,11,19,21,26,29H,2-4,9-10,12H2,1H3,(H,28,30). The van der Waals surface area contributed by atoms with Crippen molar-refractivity contribution in [3.63, 3.8) is 0 Å². The number of nitrogens with zero attached hydrogens (tertiary/aromatic N) is 1. The van der Waals surface area contributed by atoms with Gasteiger partial charge in [-0.3, -0.25) is 4.79 Å². The third-order valence-electron chi connectivity index (χ3n) is 5.80. The molecular weight excluding hydrogens is 437 g/mol. The number of halogens is 2. The summed E-state index contributed by atoms with van der Waals surface area (Å²) in [6, 6.07) is 4.51. The van der Waals surface area contributed by atoms with Crippen LogP contribution in [0.3, 0.4) is 0 Å². The van der Waals surface area contributed by atoms with Crippen LogP contribution in [0.4, 0.5) is 4.39 Å². The number of carbonyl (C=O) groups is 1. The Morgan fingerprint density at radius 1 is 1.42 bits per heavy atom. The first kappa shape index (κ1) is 22.1. The molecule has 1 aromatic heterocycles. The lowest BCUT2D eigenvalue weighted by Gasteiger charge is -2.31. The van der Waals surface area contributed by atoms with E-state index in [0.29, 0.717) is 12.0 Å². The summed E-state index contributed by atoms with van der Waals surface area (Å²) < 4.78 is 13.8. The van der Waals surface area contributed by atoms with Crippen molar-refractivity contribution in [3.8, 4) is 0 Å². The van der Waals surface area contributed by atoms with E-state index < -0.39 is 5.82 Å². The molecule has 2 atom stereocenters. The Hall–Kier alpha value is -2.06. The molecule has 2 unspecified atom stereocenters. The van der Waals surface area contributed by atoms with Gasteiger partial charge in [0, 0.05) is 18.0 Å². The van der Waals surface area contributed by atoms with Gasteiger partial charge >= 0.3 is 0 Å². The molecule has 8 heteroatoms. The maximum absolute atomic E-state index is 13.8. The molecule has 1 fully saturated rings. The van der Waals surface area contributed by atoms with Crippen molar-refractivity contribution in [1.29, 1.82) is 0 Å². The minimum atomic E-state index is -0.472. The van der Waals surface area contributed by atoms with Gasteiger partial charge in [-0.25, -0.2) is 9.37 Å². The van der Waals surface area contributed by atoms with E-state index >= 15 is 0 Å². The Morgan fingerprint density at radius 2 is 2.26 bits per heavy atom. The zero-order valence-corrected chi connectivity index (χ0v) is 18.8. The molecular formula is C23H25ClFN3O2S. The van der Waals surface area contributed by atoms with Gasteiger partial charge in [0.15, 0.2) is 0 Å². The van der Waals surface area contributed by atoms with Crippen molar-refractivity contribution in [2.75, 3.05) is 6.54 Å². The van der Waals surface area contributed by atoms with Gasteiger partial charge in [0.2, 0.25) is 5.91 Å². The number of aromatic nitrogens is 1. The first-order chi connectivity index (χ1) is 15.0. The summed E-state index contributed by atoms with van der Waals surface area (Å²) in [5, 5.41) is 17.1. The van der Waals surface area contributed by atoms with Crippen LogP contribution in [-0.2, 0) is 11.4 Å². The van der Waals surface area contributed by atoms with E-state index in [-0.39, 0.29) is 29.6 Å². The number of aliphatic hydroxyl groups is 1. The maximum atomic E-state index is 13.8. The number of piperidine rings is 1. The highest BCUT2D eigenvalue weighted by atomic mass is 35.5. The van der Waals surface area contributed by atoms with E-state index in [1.807, 2.05) is 13.0 Å². The van der Waals surface area contributed by atoms with Gasteiger partial charge < -0.3 is 15.7 Å². The third kappa shape index (κ3) is 4.90. The molecule has 1 saturated heterocycles. The monoisotopic (exact) mass is 461 g/mol. The van der Waals surface area contributed by atoms with E-state index in [9.17, 15) is 14.3 Å². The third-order valence-corrected chi connectivity index (χ3v) is 7.34. The predicted octanol–water partition coefficient (Wildman–Crippen LogP) is 4.45. The highest BCUT2D eigenvalue weighted by molar-refractivity contribution is 7.11. The molecule has 1 amide bonds. The lowest BCUT2D eigenvalue weighted by molar-refractivity contribution is -0.118. The molecule has 2 heterocycles. The smallest absolute Gasteiger partial charge is 0.248 e. The summed E-state index contributed by atoms with van der Waals surface area (Å²) in [4.78, 5) is 18.6. The molecule has 0 saturated carbocycles. The number of allylic oxidation sites excluding steroid dienone is 3. The van der Waals surface area contributed by atoms with Crippen molar-refractivity contribution < 1.29 is 14.3 Å². The van der Waals surface area contributed by atoms with Gasteiger partial charge in [-0.15, -0.1) is 11.3 Å². The number of carbonyl (C=O) groups excluding carboxylic acids is 1. The van der Waals surface area contributed by atoms with Crippen LogP contribution >= 0.6 is 22.9 Å². The number of aliphatic hydroxyl groups excluding tert-OH is 1. The molecule has 1 aliphatic carbocycles. The zero-order valence-electron chi connectivity index (χ0n) is 17.3. The molecule has 2 aliphatic rings. The van der Waals surface area contributed by atoms with Gasteiger partial charge in [0.1, 0.15) is 10.8 Å². The van der Waals surface area contributed by atoms with E-state index in [1.165, 1.54) is 23.5 Å². The average molecular weight is 462 g/mol. The number of aryl methyl sites for hydroxylation is 1. The molecule has 2 aromatic rings. The molecule has 0 radical (unpaired) electrons. The number of thiazole rings is 1. The van der Waals surface area contributed by atoms with Crippen molar-refractivity contribution in [2.24, 2.45) is 0 Å². The first-order valence-corrected chi connectivity index (χ1v) is 11.6. The molecule has 0 bridgehead atoms. The van der Waals surface area contributed by atoms with Gasteiger partial charge in [-0.1, -0.05) is 36.2 Å². The van der Waals surface area contributed by atoms with Gasteiger partial charge in [-0.2, -0.15) is 0 Å². The van der Waals surface area contributed by atoms with Crippen LogP contribution in [-0.4, -0.2) is 28.6 Å². The SMILES string of the molecule is Cc1nc(C(NC(=O)C2=CC=C(c3ccc(Cl)c(F)c3)C2)C2CCCCN2)sc1CO. The Labute approximate surface area is 190 Å². The highest BCUT2D eigenvalue weighted by Gasteiger charge is 2.30. The minimum absolute atomic E-state index is 0.0572. The second-order valence-corrected chi connectivity index (χ2v) is 9.44. The average Bonchev–Trinajstić information content (AvgIpc) is 3.41. The molecule has 1 aliphatic heterocycles. The van der Waals surface area contributed by atoms with Crippen LogP contribution in [0.5, 0.6) is 0 Å². The summed E-state index contributed by atoms with van der Waals surface area (Å²) in [7, 11) is 0. The summed E-state index contributed by atoms with van der Waals surface area (Å²) in [5.74, 6) is -0.628. The molecule has 31 heavy (non-hydrogen) atoms. The van der Waals surface area contributed by atoms with Crippen molar-refractivity contribution >= 4 is 34.4 Å². The quantitative estimate of drug-likeness (QED) is 0.594. The molecule has 5 nitrogen and oxygen atoms in total. The molecule has 164 valence electrons. The second kappa shape index (κ2) is 9.61.